The van der Waals surface area contributed by atoms with Gasteiger partial charge < -0.3 is 10.3 Å². The van der Waals surface area contributed by atoms with Gasteiger partial charge in [-0.1, -0.05) is 24.7 Å². The fourth-order valence-electron chi connectivity index (χ4n) is 1.94. The van der Waals surface area contributed by atoms with Gasteiger partial charge in [0, 0.05) is 18.1 Å². The number of hydrogen-bond acceptors (Lipinski definition) is 6. The monoisotopic (exact) mass is 297 g/mol. The largest absolute Gasteiger partial charge is 0.359 e. The molecule has 20 heavy (non-hydrogen) atoms. The molecule has 0 saturated carbocycles. The van der Waals surface area contributed by atoms with E-state index in [0.29, 0.717) is 30.2 Å². The third kappa shape index (κ3) is 2.87. The molecule has 0 bridgehead atoms. The molecule has 0 spiro atoms. The van der Waals surface area contributed by atoms with Gasteiger partial charge in [-0.15, -0.1) is 0 Å². The number of rotatable bonds is 6. The molecule has 0 radical (unpaired) electrons. The zero-order valence-electron chi connectivity index (χ0n) is 11.2. The van der Waals surface area contributed by atoms with Gasteiger partial charge >= 0.3 is 10.6 Å². The van der Waals surface area contributed by atoms with Gasteiger partial charge in [0.1, 0.15) is 5.69 Å². The number of aryl methyl sites for hydroxylation is 2. The number of nitro groups is 1. The Bertz CT molecular complexity index is 672. The molecule has 8 nitrogen and oxygen atoms in total. The maximum Gasteiger partial charge on any atom is 0.334 e. The average molecular weight is 297 g/mol. The summed E-state index contributed by atoms with van der Waals surface area (Å²) in [6.07, 6.45) is 1.34. The first kappa shape index (κ1) is 14.3. The highest BCUT2D eigenvalue weighted by Crippen LogP contribution is 2.29. The molecule has 0 amide bonds. The lowest BCUT2D eigenvalue weighted by Gasteiger charge is -2.04. The van der Waals surface area contributed by atoms with Gasteiger partial charge in [0.25, 0.3) is 0 Å². The van der Waals surface area contributed by atoms with Gasteiger partial charge in [0.05, 0.1) is 11.5 Å². The zero-order valence-corrected chi connectivity index (χ0v) is 12.0. The minimum absolute atomic E-state index is 0.00641. The quantitative estimate of drug-likeness (QED) is 0.623. The third-order valence-electron chi connectivity index (χ3n) is 2.78. The Morgan fingerprint density at radius 3 is 2.90 bits per heavy atom. The summed E-state index contributed by atoms with van der Waals surface area (Å²) < 4.78 is 1.47. The summed E-state index contributed by atoms with van der Waals surface area (Å²) in [6, 6.07) is 0. The second-order valence-corrected chi connectivity index (χ2v) is 5.14. The molecule has 0 fully saturated rings. The van der Waals surface area contributed by atoms with Crippen molar-refractivity contribution in [3.8, 4) is 0 Å². The van der Waals surface area contributed by atoms with Gasteiger partial charge in [-0.05, 0) is 6.42 Å². The number of nitrogens with one attached hydrogen (secondary N) is 2. The van der Waals surface area contributed by atoms with Crippen LogP contribution in [0.2, 0.25) is 0 Å². The smallest absolute Gasteiger partial charge is 0.334 e. The predicted octanol–water partition coefficient (Wildman–Crippen LogP) is 1.64. The van der Waals surface area contributed by atoms with E-state index in [4.69, 9.17) is 0 Å². The molecule has 0 saturated heterocycles. The van der Waals surface area contributed by atoms with E-state index in [9.17, 15) is 14.9 Å². The molecule has 0 aliphatic heterocycles. The van der Waals surface area contributed by atoms with Gasteiger partial charge in [0.2, 0.25) is 5.82 Å². The van der Waals surface area contributed by atoms with Crippen molar-refractivity contribution in [1.29, 1.82) is 0 Å². The van der Waals surface area contributed by atoms with Gasteiger partial charge in [-0.25, -0.2) is 4.68 Å². The number of thiazole rings is 1. The van der Waals surface area contributed by atoms with Crippen molar-refractivity contribution in [3.63, 3.8) is 0 Å². The summed E-state index contributed by atoms with van der Waals surface area (Å²) in [7, 11) is 1.66. The van der Waals surface area contributed by atoms with Crippen LogP contribution in [0.3, 0.4) is 0 Å². The second kappa shape index (κ2) is 5.87. The molecule has 2 aromatic heterocycles. The molecule has 2 heterocycles. The fourth-order valence-corrected chi connectivity index (χ4v) is 2.52. The number of anilines is 1. The third-order valence-corrected chi connectivity index (χ3v) is 3.50. The number of aromatic amines is 1. The first-order valence-corrected chi connectivity index (χ1v) is 7.01. The Morgan fingerprint density at radius 1 is 1.60 bits per heavy atom. The average Bonchev–Trinajstić information content (AvgIpc) is 2.91. The minimum atomic E-state index is -0.420. The Labute approximate surface area is 118 Å². The summed E-state index contributed by atoms with van der Waals surface area (Å²) in [6.45, 7) is 2.26. The molecule has 0 atom stereocenters. The molecule has 2 rings (SSSR count). The molecule has 0 aliphatic carbocycles. The molecule has 2 N–H and O–H groups in total. The molecule has 9 heteroatoms. The lowest BCUT2D eigenvalue weighted by atomic mass is 10.2. The van der Waals surface area contributed by atoms with Crippen molar-refractivity contribution in [2.75, 3.05) is 5.32 Å². The van der Waals surface area contributed by atoms with Gasteiger partial charge in [-0.2, -0.15) is 5.10 Å². The maximum absolute atomic E-state index is 11.2. The highest BCUT2D eigenvalue weighted by molar-refractivity contribution is 7.07. The number of aromatic nitrogens is 3. The van der Waals surface area contributed by atoms with Crippen molar-refractivity contribution in [1.82, 2.24) is 14.8 Å². The van der Waals surface area contributed by atoms with Crippen LogP contribution in [-0.2, 0) is 20.0 Å². The lowest BCUT2D eigenvalue weighted by molar-refractivity contribution is -0.384. The SMILES string of the molecule is CCCc1nn(C)c(NCc2csc(=O)[nH]2)c1[N+](=O)[O-]. The van der Waals surface area contributed by atoms with Crippen LogP contribution in [0.4, 0.5) is 11.5 Å². The van der Waals surface area contributed by atoms with Crippen molar-refractivity contribution in [3.05, 3.63) is 36.5 Å². The van der Waals surface area contributed by atoms with Crippen LogP contribution < -0.4 is 10.2 Å². The van der Waals surface area contributed by atoms with E-state index in [-0.39, 0.29) is 10.6 Å². The number of H-pyrrole nitrogens is 1. The van der Waals surface area contributed by atoms with E-state index in [0.717, 1.165) is 17.8 Å². The van der Waals surface area contributed by atoms with E-state index < -0.39 is 4.92 Å². The summed E-state index contributed by atoms with van der Waals surface area (Å²) in [5.41, 5.74) is 1.17. The van der Waals surface area contributed by atoms with Gasteiger partial charge in [-0.3, -0.25) is 14.9 Å². The van der Waals surface area contributed by atoms with E-state index in [1.54, 1.807) is 12.4 Å². The first-order valence-electron chi connectivity index (χ1n) is 6.13. The van der Waals surface area contributed by atoms with Crippen LogP contribution in [0.1, 0.15) is 24.7 Å². The molecule has 0 aromatic carbocycles. The standard InChI is InChI=1S/C11H15N5O3S/c1-3-4-8-9(16(18)19)10(15(2)14-8)12-5-7-6-20-11(17)13-7/h6,12H,3-5H2,1-2H3,(H,13,17). The van der Waals surface area contributed by atoms with Crippen molar-refractivity contribution in [2.24, 2.45) is 7.05 Å². The first-order chi connectivity index (χ1) is 9.52. The lowest BCUT2D eigenvalue weighted by Crippen LogP contribution is -2.07. The zero-order chi connectivity index (χ0) is 14.7. The summed E-state index contributed by atoms with van der Waals surface area (Å²) in [4.78, 5) is 24.3. The van der Waals surface area contributed by atoms with E-state index in [1.807, 2.05) is 6.92 Å². The van der Waals surface area contributed by atoms with Crippen molar-refractivity contribution < 1.29 is 4.92 Å². The Balaban J connectivity index is 2.25. The topological polar surface area (TPSA) is 106 Å². The van der Waals surface area contributed by atoms with Crippen LogP contribution in [0.5, 0.6) is 0 Å². The Morgan fingerprint density at radius 2 is 2.35 bits per heavy atom. The summed E-state index contributed by atoms with van der Waals surface area (Å²) in [5, 5.41) is 20.0. The molecular weight excluding hydrogens is 282 g/mol. The Kier molecular flexibility index (Phi) is 4.18. The van der Waals surface area contributed by atoms with Crippen LogP contribution >= 0.6 is 11.3 Å². The van der Waals surface area contributed by atoms with Crippen molar-refractivity contribution >= 4 is 22.8 Å². The summed E-state index contributed by atoms with van der Waals surface area (Å²) in [5.74, 6) is 0.352. The molecule has 108 valence electrons. The minimum Gasteiger partial charge on any atom is -0.359 e. The van der Waals surface area contributed by atoms with Crippen molar-refractivity contribution in [2.45, 2.75) is 26.3 Å². The highest BCUT2D eigenvalue weighted by atomic mass is 32.1. The highest BCUT2D eigenvalue weighted by Gasteiger charge is 2.25. The second-order valence-electron chi connectivity index (χ2n) is 4.30. The van der Waals surface area contributed by atoms with Crippen LogP contribution in [-0.4, -0.2) is 19.7 Å². The molecular formula is C11H15N5O3S. The van der Waals surface area contributed by atoms with Gasteiger partial charge in [0.15, 0.2) is 0 Å². The van der Waals surface area contributed by atoms with E-state index in [1.165, 1.54) is 4.68 Å². The fraction of sp³-hybridized carbons (Fsp3) is 0.455. The van der Waals surface area contributed by atoms with Crippen LogP contribution in [0.25, 0.3) is 0 Å². The Hall–Kier alpha value is -2.16. The maximum atomic E-state index is 11.2. The van der Waals surface area contributed by atoms with Crippen LogP contribution in [0, 0.1) is 10.1 Å². The van der Waals surface area contributed by atoms with Crippen LogP contribution in [0.15, 0.2) is 10.2 Å². The number of nitrogens with zero attached hydrogens (tertiary/aromatic N) is 3. The number of hydrogen-bond donors (Lipinski definition) is 2. The van der Waals surface area contributed by atoms with E-state index >= 15 is 0 Å². The molecule has 2 aromatic rings. The molecule has 0 unspecified atom stereocenters. The predicted molar refractivity (Wildman–Crippen MR) is 76.1 cm³/mol. The summed E-state index contributed by atoms with van der Waals surface area (Å²) >= 11 is 1.06. The normalized spacial score (nSPS) is 10.7. The van der Waals surface area contributed by atoms with E-state index in [2.05, 4.69) is 15.4 Å². The molecule has 0 aliphatic rings.